The summed E-state index contributed by atoms with van der Waals surface area (Å²) in [6.07, 6.45) is 21.7. The summed E-state index contributed by atoms with van der Waals surface area (Å²) in [6.45, 7) is 4.54. The number of carbonyl (C=O) groups is 1. The highest BCUT2D eigenvalue weighted by Crippen LogP contribution is 2.09. The molecule has 0 heterocycles. The van der Waals surface area contributed by atoms with Crippen LogP contribution in [0.25, 0.3) is 0 Å². The lowest BCUT2D eigenvalue weighted by Gasteiger charge is -1.99. The Morgan fingerprint density at radius 3 is 1.69 bits per heavy atom. The molecule has 0 saturated heterocycles. The van der Waals surface area contributed by atoms with Crippen molar-refractivity contribution < 1.29 is 15.0 Å². The van der Waals surface area contributed by atoms with E-state index in [0.29, 0.717) is 13.0 Å². The van der Waals surface area contributed by atoms with Crippen LogP contribution in [-0.2, 0) is 4.79 Å². The van der Waals surface area contributed by atoms with Crippen LogP contribution in [0.5, 0.6) is 0 Å². The summed E-state index contributed by atoms with van der Waals surface area (Å²) in [5.41, 5.74) is 5.03. The molecule has 0 amide bonds. The van der Waals surface area contributed by atoms with E-state index in [1.165, 1.54) is 70.6 Å². The number of carboxylic acid groups (broad SMARTS) is 1. The van der Waals surface area contributed by atoms with Gasteiger partial charge < -0.3 is 15.9 Å². The van der Waals surface area contributed by atoms with Gasteiger partial charge in [0, 0.05) is 13.0 Å². The highest BCUT2D eigenvalue weighted by Gasteiger charge is 1.95. The van der Waals surface area contributed by atoms with Gasteiger partial charge >= 0.3 is 5.97 Å². The molecule has 156 valence electrons. The van der Waals surface area contributed by atoms with Crippen LogP contribution in [0.3, 0.4) is 0 Å². The lowest BCUT2D eigenvalue weighted by atomic mass is 10.1. The number of aliphatic hydroxyl groups excluding tert-OH is 1. The maximum absolute atomic E-state index is 10.3. The SMILES string of the molecule is CCC(O)CN.CCCCCCCC/C=C\CCCCCCCC(=O)O. The van der Waals surface area contributed by atoms with Crippen LogP contribution in [-0.4, -0.2) is 28.8 Å². The van der Waals surface area contributed by atoms with Crippen LogP contribution >= 0.6 is 0 Å². The van der Waals surface area contributed by atoms with E-state index in [9.17, 15) is 4.79 Å². The number of hydrogen-bond acceptors (Lipinski definition) is 3. The molecular weight excluding hydrogens is 326 g/mol. The van der Waals surface area contributed by atoms with Crippen molar-refractivity contribution in [3.63, 3.8) is 0 Å². The molecule has 4 heteroatoms. The van der Waals surface area contributed by atoms with E-state index in [-0.39, 0.29) is 6.10 Å². The van der Waals surface area contributed by atoms with Gasteiger partial charge in [0.1, 0.15) is 0 Å². The third-order valence-corrected chi connectivity index (χ3v) is 4.40. The van der Waals surface area contributed by atoms with Crippen molar-refractivity contribution in [3.05, 3.63) is 12.2 Å². The minimum Gasteiger partial charge on any atom is -0.481 e. The average Bonchev–Trinajstić information content (AvgIpc) is 2.64. The fraction of sp³-hybridized carbons (Fsp3) is 0.864. The number of carboxylic acids is 1. The van der Waals surface area contributed by atoms with Crippen molar-refractivity contribution in [3.8, 4) is 0 Å². The number of aliphatic hydroxyl groups is 1. The van der Waals surface area contributed by atoms with Gasteiger partial charge in [0.25, 0.3) is 0 Å². The highest BCUT2D eigenvalue weighted by molar-refractivity contribution is 5.66. The Kier molecular flexibility index (Phi) is 25.4. The van der Waals surface area contributed by atoms with Gasteiger partial charge in [-0.25, -0.2) is 0 Å². The number of nitrogens with two attached hydrogens (primary N) is 1. The predicted molar refractivity (Wildman–Crippen MR) is 112 cm³/mol. The summed E-state index contributed by atoms with van der Waals surface area (Å²) in [5, 5.41) is 17.0. The summed E-state index contributed by atoms with van der Waals surface area (Å²) in [4.78, 5) is 10.3. The molecule has 1 atom stereocenters. The molecule has 4 N–H and O–H groups in total. The van der Waals surface area contributed by atoms with Crippen LogP contribution < -0.4 is 5.73 Å². The third-order valence-electron chi connectivity index (χ3n) is 4.40. The number of rotatable bonds is 17. The zero-order chi connectivity index (χ0) is 19.9. The molecule has 0 rings (SSSR count). The zero-order valence-corrected chi connectivity index (χ0v) is 17.4. The predicted octanol–water partition coefficient (Wildman–Crippen LogP) is 5.82. The van der Waals surface area contributed by atoms with Gasteiger partial charge in [0.15, 0.2) is 0 Å². The summed E-state index contributed by atoms with van der Waals surface area (Å²) >= 11 is 0. The monoisotopic (exact) mass is 371 g/mol. The van der Waals surface area contributed by atoms with Gasteiger partial charge in [-0.3, -0.25) is 4.79 Å². The topological polar surface area (TPSA) is 83.5 Å². The molecule has 0 aliphatic rings. The maximum Gasteiger partial charge on any atom is 0.303 e. The van der Waals surface area contributed by atoms with Crippen molar-refractivity contribution >= 4 is 5.97 Å². The Hall–Kier alpha value is -0.870. The molecule has 0 saturated carbocycles. The molecular formula is C22H45NO3. The Morgan fingerprint density at radius 1 is 0.846 bits per heavy atom. The van der Waals surface area contributed by atoms with E-state index >= 15 is 0 Å². The third kappa shape index (κ3) is 28.0. The lowest BCUT2D eigenvalue weighted by molar-refractivity contribution is -0.137. The fourth-order valence-corrected chi connectivity index (χ4v) is 2.51. The summed E-state index contributed by atoms with van der Waals surface area (Å²) in [5.74, 6) is -0.664. The fourth-order valence-electron chi connectivity index (χ4n) is 2.51. The number of allylic oxidation sites excluding steroid dienone is 2. The molecule has 4 nitrogen and oxygen atoms in total. The first-order valence-corrected chi connectivity index (χ1v) is 10.8. The van der Waals surface area contributed by atoms with Crippen molar-refractivity contribution in [2.24, 2.45) is 5.73 Å². The second-order valence-electron chi connectivity index (χ2n) is 7.03. The largest absolute Gasteiger partial charge is 0.481 e. The van der Waals surface area contributed by atoms with E-state index < -0.39 is 5.97 Å². The summed E-state index contributed by atoms with van der Waals surface area (Å²) in [6, 6.07) is 0. The molecule has 1 unspecified atom stereocenters. The van der Waals surface area contributed by atoms with Gasteiger partial charge in [-0.1, -0.05) is 77.4 Å². The lowest BCUT2D eigenvalue weighted by Crippen LogP contribution is -2.17. The van der Waals surface area contributed by atoms with Gasteiger partial charge in [0.2, 0.25) is 0 Å². The van der Waals surface area contributed by atoms with Crippen molar-refractivity contribution in [1.82, 2.24) is 0 Å². The van der Waals surface area contributed by atoms with Crippen LogP contribution in [0.1, 0.15) is 110 Å². The molecule has 0 aromatic rings. The Morgan fingerprint density at radius 2 is 1.31 bits per heavy atom. The number of hydrogen-bond donors (Lipinski definition) is 3. The minimum atomic E-state index is -0.664. The molecule has 0 aromatic carbocycles. The molecule has 0 fully saturated rings. The quantitative estimate of drug-likeness (QED) is 0.222. The summed E-state index contributed by atoms with van der Waals surface area (Å²) in [7, 11) is 0. The first-order chi connectivity index (χ1) is 12.6. The molecule has 0 radical (unpaired) electrons. The van der Waals surface area contributed by atoms with E-state index in [1.54, 1.807) is 0 Å². The van der Waals surface area contributed by atoms with Gasteiger partial charge in [-0.05, 0) is 38.5 Å². The van der Waals surface area contributed by atoms with Crippen molar-refractivity contribution in [2.45, 2.75) is 116 Å². The molecule has 0 bridgehead atoms. The van der Waals surface area contributed by atoms with E-state index in [0.717, 1.165) is 19.3 Å². The number of unbranched alkanes of at least 4 members (excludes halogenated alkanes) is 11. The molecule has 0 aromatic heterocycles. The van der Waals surface area contributed by atoms with Crippen LogP contribution in [0.2, 0.25) is 0 Å². The number of aliphatic carboxylic acids is 1. The van der Waals surface area contributed by atoms with E-state index in [1.807, 2.05) is 6.92 Å². The highest BCUT2D eigenvalue weighted by atomic mass is 16.4. The Labute approximate surface area is 162 Å². The van der Waals surface area contributed by atoms with E-state index in [2.05, 4.69) is 19.1 Å². The first-order valence-electron chi connectivity index (χ1n) is 10.8. The smallest absolute Gasteiger partial charge is 0.303 e. The average molecular weight is 372 g/mol. The normalized spacial score (nSPS) is 12.0. The zero-order valence-electron chi connectivity index (χ0n) is 17.4. The van der Waals surface area contributed by atoms with Crippen LogP contribution in [0.4, 0.5) is 0 Å². The second kappa shape index (κ2) is 24.1. The molecule has 0 aliphatic carbocycles. The van der Waals surface area contributed by atoms with Gasteiger partial charge in [0.05, 0.1) is 6.10 Å². The van der Waals surface area contributed by atoms with Crippen LogP contribution in [0, 0.1) is 0 Å². The Bertz CT molecular complexity index is 302. The van der Waals surface area contributed by atoms with Crippen molar-refractivity contribution in [2.75, 3.05) is 6.54 Å². The molecule has 26 heavy (non-hydrogen) atoms. The van der Waals surface area contributed by atoms with Gasteiger partial charge in [-0.2, -0.15) is 0 Å². The maximum atomic E-state index is 10.3. The summed E-state index contributed by atoms with van der Waals surface area (Å²) < 4.78 is 0. The van der Waals surface area contributed by atoms with Gasteiger partial charge in [-0.15, -0.1) is 0 Å². The first kappa shape index (κ1) is 27.3. The molecule has 0 spiro atoms. The van der Waals surface area contributed by atoms with Crippen LogP contribution in [0.15, 0.2) is 12.2 Å². The van der Waals surface area contributed by atoms with Crippen molar-refractivity contribution in [1.29, 1.82) is 0 Å². The molecule has 0 aliphatic heterocycles. The minimum absolute atomic E-state index is 0.287. The second-order valence-corrected chi connectivity index (χ2v) is 7.03. The Balaban J connectivity index is 0. The standard InChI is InChI=1S/C18H34O2.C4H11NO/c1-2-3-4-5-6-7-8-9-10-11-12-13-14-15-16-17-18(19)20;1-2-4(6)3-5/h9-10H,2-8,11-17H2,1H3,(H,19,20);4,6H,2-3,5H2,1H3/b10-9-;. The van der Waals surface area contributed by atoms with E-state index in [4.69, 9.17) is 15.9 Å².